The number of hydrogen-bond acceptors (Lipinski definition) is 4. The lowest BCUT2D eigenvalue weighted by Crippen LogP contribution is -2.70. The fraction of sp³-hybridized carbons (Fsp3) is 0.571. The maximum absolute atomic E-state index is 13.3. The van der Waals surface area contributed by atoms with Gasteiger partial charge in [-0.1, -0.05) is 13.2 Å². The monoisotopic (exact) mass is 470 g/mol. The van der Waals surface area contributed by atoms with E-state index in [4.69, 9.17) is 10.2 Å². The molecule has 0 spiro atoms. The normalized spacial score (nSPS) is 14.1. The topological polar surface area (TPSA) is 83.8 Å². The number of ether oxygens (including phenoxy) is 1. The lowest BCUT2D eigenvalue weighted by molar-refractivity contribution is -0.428. The minimum atomic E-state index is -7.59. The highest BCUT2D eigenvalue weighted by Gasteiger charge is 2.89. The Morgan fingerprint density at radius 2 is 1.23 bits per heavy atom. The molecule has 0 heterocycles. The van der Waals surface area contributed by atoms with Gasteiger partial charge in [-0.15, -0.1) is 0 Å². The number of hydrogen-bond donors (Lipinski definition) is 2. The molecule has 0 saturated heterocycles. The van der Waals surface area contributed by atoms with E-state index in [1.54, 1.807) is 0 Å². The summed E-state index contributed by atoms with van der Waals surface area (Å²) in [5.74, 6) is -16.0. The molecule has 0 saturated carbocycles. The van der Waals surface area contributed by atoms with E-state index in [9.17, 15) is 57.9 Å². The molecule has 0 aromatic carbocycles. The Kier molecular flexibility index (Phi) is 10.0. The first-order chi connectivity index (χ1) is 13.1. The van der Waals surface area contributed by atoms with E-state index in [0.717, 1.165) is 6.08 Å². The smallest absolute Gasteiger partial charge is 0.438 e. The number of carboxylic acid groups (broad SMARTS) is 1. The van der Waals surface area contributed by atoms with Gasteiger partial charge in [-0.2, -0.15) is 43.9 Å². The molecule has 2 N–H and O–H groups in total. The van der Waals surface area contributed by atoms with Crippen LogP contribution in [0.15, 0.2) is 25.3 Å². The van der Waals surface area contributed by atoms with Crippen molar-refractivity contribution in [3.63, 3.8) is 0 Å². The molecule has 0 radical (unpaired) electrons. The summed E-state index contributed by atoms with van der Waals surface area (Å²) in [7, 11) is 0. The molecule has 5 nitrogen and oxygen atoms in total. The van der Waals surface area contributed by atoms with Crippen LogP contribution >= 0.6 is 0 Å². The Balaban J connectivity index is 0. The molecule has 0 aromatic heterocycles. The molecule has 0 amide bonds. The fourth-order valence-electron chi connectivity index (χ4n) is 1.49. The molecule has 0 fully saturated rings. The molecule has 30 heavy (non-hydrogen) atoms. The SMILES string of the molecule is C=CC(=O)O.C=CC(=O)OCC(O)CC(F)(F)C(F)(F)C(F)(C(F)(F)F)C(F)(F)F. The molecule has 0 aliphatic carbocycles. The zero-order valence-corrected chi connectivity index (χ0v) is 14.3. The van der Waals surface area contributed by atoms with Crippen molar-refractivity contribution in [2.45, 2.75) is 42.4 Å². The minimum Gasteiger partial charge on any atom is -0.478 e. The Morgan fingerprint density at radius 1 is 0.867 bits per heavy atom. The second-order valence-corrected chi connectivity index (χ2v) is 5.17. The predicted molar refractivity (Wildman–Crippen MR) is 75.5 cm³/mol. The standard InChI is InChI=1S/C11H9F11O3.C3H4O2/c1-2-6(24)25-4-5(23)3-7(12,13)9(15,16)8(14,10(17,18)19)11(20,21)22;1-2-3(4)5/h2,5,23H,1,3-4H2;2H,1H2,(H,4,5). The summed E-state index contributed by atoms with van der Waals surface area (Å²) in [6, 6.07) is 0. The number of rotatable bonds is 8. The first-order valence-electron chi connectivity index (χ1n) is 7.03. The number of aliphatic carboxylic acids is 1. The summed E-state index contributed by atoms with van der Waals surface area (Å²) < 4.78 is 144. The van der Waals surface area contributed by atoms with E-state index >= 15 is 0 Å². The van der Waals surface area contributed by atoms with E-state index in [-0.39, 0.29) is 0 Å². The quantitative estimate of drug-likeness (QED) is 0.320. The van der Waals surface area contributed by atoms with Gasteiger partial charge in [0.15, 0.2) is 0 Å². The summed E-state index contributed by atoms with van der Waals surface area (Å²) >= 11 is 0. The van der Waals surface area contributed by atoms with Gasteiger partial charge in [0.05, 0.1) is 6.10 Å². The van der Waals surface area contributed by atoms with Crippen molar-refractivity contribution >= 4 is 11.9 Å². The maximum Gasteiger partial charge on any atom is 0.438 e. The average Bonchev–Trinajstić information content (AvgIpc) is 2.56. The average molecular weight is 470 g/mol. The highest BCUT2D eigenvalue weighted by atomic mass is 19.4. The van der Waals surface area contributed by atoms with Gasteiger partial charge >= 0.3 is 41.8 Å². The summed E-state index contributed by atoms with van der Waals surface area (Å²) in [5, 5.41) is 16.6. The third-order valence-corrected chi connectivity index (χ3v) is 2.92. The second-order valence-electron chi connectivity index (χ2n) is 5.17. The van der Waals surface area contributed by atoms with Crippen LogP contribution in [0, 0.1) is 0 Å². The van der Waals surface area contributed by atoms with Gasteiger partial charge in [-0.3, -0.25) is 0 Å². The van der Waals surface area contributed by atoms with Crippen molar-refractivity contribution in [3.8, 4) is 0 Å². The van der Waals surface area contributed by atoms with E-state index in [1.807, 2.05) is 0 Å². The van der Waals surface area contributed by atoms with E-state index in [2.05, 4.69) is 17.9 Å². The first kappa shape index (κ1) is 29.8. The number of alkyl halides is 11. The highest BCUT2D eigenvalue weighted by Crippen LogP contribution is 2.59. The van der Waals surface area contributed by atoms with E-state index in [0.29, 0.717) is 6.08 Å². The van der Waals surface area contributed by atoms with Crippen LogP contribution in [0.5, 0.6) is 0 Å². The number of halogens is 11. The molecular formula is C14H13F11O5. The third kappa shape index (κ3) is 6.84. The molecule has 0 bridgehead atoms. The molecular weight excluding hydrogens is 457 g/mol. The van der Waals surface area contributed by atoms with Crippen molar-refractivity contribution in [1.82, 2.24) is 0 Å². The molecule has 1 unspecified atom stereocenters. The summed E-state index contributed by atoms with van der Waals surface area (Å²) in [6.07, 6.45) is -19.2. The number of aliphatic hydroxyl groups excluding tert-OH is 1. The molecule has 176 valence electrons. The Morgan fingerprint density at radius 3 is 1.50 bits per heavy atom. The number of carboxylic acids is 1. The second kappa shape index (κ2) is 10.1. The van der Waals surface area contributed by atoms with E-state index in [1.165, 1.54) is 0 Å². The third-order valence-electron chi connectivity index (χ3n) is 2.92. The van der Waals surface area contributed by atoms with Crippen LogP contribution in [-0.2, 0) is 14.3 Å². The van der Waals surface area contributed by atoms with Crippen LogP contribution in [0.4, 0.5) is 48.3 Å². The van der Waals surface area contributed by atoms with Crippen molar-refractivity contribution in [1.29, 1.82) is 0 Å². The number of carbonyl (C=O) groups is 2. The van der Waals surface area contributed by atoms with Gasteiger partial charge < -0.3 is 14.9 Å². The minimum absolute atomic E-state index is 0.430. The maximum atomic E-state index is 13.3. The van der Waals surface area contributed by atoms with Crippen molar-refractivity contribution in [3.05, 3.63) is 25.3 Å². The van der Waals surface area contributed by atoms with Crippen LogP contribution in [0.25, 0.3) is 0 Å². The zero-order chi connectivity index (χ0) is 24.8. The van der Waals surface area contributed by atoms with Gasteiger partial charge in [0.25, 0.3) is 0 Å². The van der Waals surface area contributed by atoms with Crippen molar-refractivity contribution in [2.24, 2.45) is 0 Å². The van der Waals surface area contributed by atoms with Crippen LogP contribution in [0.3, 0.4) is 0 Å². The zero-order valence-electron chi connectivity index (χ0n) is 14.3. The van der Waals surface area contributed by atoms with Crippen LogP contribution in [0.1, 0.15) is 6.42 Å². The lowest BCUT2D eigenvalue weighted by Gasteiger charge is -2.40. The Bertz CT molecular complexity index is 611. The molecule has 0 aromatic rings. The van der Waals surface area contributed by atoms with Crippen molar-refractivity contribution < 1.29 is 72.8 Å². The van der Waals surface area contributed by atoms with Crippen LogP contribution < -0.4 is 0 Å². The molecule has 0 aliphatic heterocycles. The van der Waals surface area contributed by atoms with Gasteiger partial charge in [0.1, 0.15) is 6.61 Å². The van der Waals surface area contributed by atoms with Crippen LogP contribution in [-0.4, -0.2) is 64.7 Å². The number of aliphatic hydroxyl groups is 1. The molecule has 16 heteroatoms. The number of carbonyl (C=O) groups excluding carboxylic acids is 1. The van der Waals surface area contributed by atoms with Crippen LogP contribution in [0.2, 0.25) is 0 Å². The Hall–Kier alpha value is -2.39. The van der Waals surface area contributed by atoms with Gasteiger partial charge in [0.2, 0.25) is 0 Å². The predicted octanol–water partition coefficient (Wildman–Crippen LogP) is 3.83. The molecule has 0 rings (SSSR count). The number of esters is 1. The Labute approximate surface area is 160 Å². The molecule has 1 atom stereocenters. The largest absolute Gasteiger partial charge is 0.478 e. The summed E-state index contributed by atoms with van der Waals surface area (Å²) in [4.78, 5) is 19.8. The lowest BCUT2D eigenvalue weighted by atomic mass is 9.88. The first-order valence-corrected chi connectivity index (χ1v) is 7.03. The van der Waals surface area contributed by atoms with E-state index < -0.39 is 60.9 Å². The summed E-state index contributed by atoms with van der Waals surface area (Å²) in [5.41, 5.74) is -7.59. The molecule has 0 aliphatic rings. The van der Waals surface area contributed by atoms with Gasteiger partial charge in [0, 0.05) is 18.6 Å². The highest BCUT2D eigenvalue weighted by molar-refractivity contribution is 5.81. The van der Waals surface area contributed by atoms with Gasteiger partial charge in [-0.05, 0) is 0 Å². The fourth-order valence-corrected chi connectivity index (χ4v) is 1.49. The summed E-state index contributed by atoms with van der Waals surface area (Å²) in [6.45, 7) is 4.28. The van der Waals surface area contributed by atoms with Crippen molar-refractivity contribution in [2.75, 3.05) is 6.61 Å². The van der Waals surface area contributed by atoms with Gasteiger partial charge in [-0.25, -0.2) is 14.0 Å².